The highest BCUT2D eigenvalue weighted by atomic mass is 19.3. The highest BCUT2D eigenvalue weighted by Crippen LogP contribution is 2.39. The molecule has 1 heterocycles. The number of rotatable bonds is 8. The predicted octanol–water partition coefficient (Wildman–Crippen LogP) is 4.57. The molecule has 0 aliphatic carbocycles. The molecule has 182 valence electrons. The molecule has 0 aliphatic rings. The van der Waals surface area contributed by atoms with E-state index >= 15 is 0 Å². The second-order valence-corrected chi connectivity index (χ2v) is 8.31. The summed E-state index contributed by atoms with van der Waals surface area (Å²) in [4.78, 5) is 15.7. The van der Waals surface area contributed by atoms with E-state index in [-0.39, 0.29) is 5.56 Å². The van der Waals surface area contributed by atoms with Gasteiger partial charge in [-0.3, -0.25) is 4.79 Å². The molecule has 1 aromatic heterocycles. The molecule has 1 unspecified atom stereocenters. The van der Waals surface area contributed by atoms with Crippen LogP contribution in [0.5, 0.6) is 0 Å². The predicted molar refractivity (Wildman–Crippen MR) is 127 cm³/mol. The molecule has 3 aromatic carbocycles. The van der Waals surface area contributed by atoms with E-state index in [4.69, 9.17) is 4.98 Å². The van der Waals surface area contributed by atoms with Gasteiger partial charge in [0.05, 0.1) is 11.0 Å². The first-order valence-electron chi connectivity index (χ1n) is 11.2. The molecule has 0 aliphatic heterocycles. The van der Waals surface area contributed by atoms with E-state index in [1.165, 1.54) is 18.2 Å². The fourth-order valence-corrected chi connectivity index (χ4v) is 4.21. The van der Waals surface area contributed by atoms with Crippen LogP contribution in [0, 0.1) is 0 Å². The third kappa shape index (κ3) is 4.54. The minimum Gasteiger partial charge on any atom is -0.459 e. The van der Waals surface area contributed by atoms with E-state index < -0.39 is 30.2 Å². The minimum atomic E-state index is -3.69. The van der Waals surface area contributed by atoms with Crippen LogP contribution in [0.25, 0.3) is 11.0 Å². The van der Waals surface area contributed by atoms with Crippen LogP contribution in [0.2, 0.25) is 0 Å². The SMILES string of the molecule is CCn1c(C(O)(c2ccccc2)c2ccccc2)nc2ccc(C(O)C(F)(F)COC(C)=O)cc21. The lowest BCUT2D eigenvalue weighted by Crippen LogP contribution is -2.33. The zero-order chi connectivity index (χ0) is 25.2. The van der Waals surface area contributed by atoms with Crippen LogP contribution >= 0.6 is 0 Å². The highest BCUT2D eigenvalue weighted by molar-refractivity contribution is 5.78. The molecule has 0 saturated carbocycles. The van der Waals surface area contributed by atoms with Crippen LogP contribution in [0.1, 0.15) is 42.5 Å². The Bertz CT molecular complexity index is 1280. The summed E-state index contributed by atoms with van der Waals surface area (Å²) in [5, 5.41) is 22.6. The number of ether oxygens (including phenoxy) is 1. The number of hydrogen-bond donors (Lipinski definition) is 2. The summed E-state index contributed by atoms with van der Waals surface area (Å²) in [6.07, 6.45) is -2.20. The van der Waals surface area contributed by atoms with E-state index in [2.05, 4.69) is 4.74 Å². The number of aliphatic hydroxyl groups excluding tert-OH is 1. The van der Waals surface area contributed by atoms with Crippen LogP contribution in [0.3, 0.4) is 0 Å². The van der Waals surface area contributed by atoms with Gasteiger partial charge in [0.25, 0.3) is 0 Å². The molecule has 0 spiro atoms. The summed E-state index contributed by atoms with van der Waals surface area (Å²) < 4.78 is 35.2. The van der Waals surface area contributed by atoms with Crippen molar-refractivity contribution in [3.63, 3.8) is 0 Å². The number of aryl methyl sites for hydroxylation is 1. The lowest BCUT2D eigenvalue weighted by Gasteiger charge is -2.29. The summed E-state index contributed by atoms with van der Waals surface area (Å²) in [5.74, 6) is -4.22. The Hall–Kier alpha value is -3.62. The Morgan fingerprint density at radius 1 is 1.03 bits per heavy atom. The molecule has 35 heavy (non-hydrogen) atoms. The van der Waals surface area contributed by atoms with Gasteiger partial charge < -0.3 is 19.5 Å². The fourth-order valence-electron chi connectivity index (χ4n) is 4.21. The number of alkyl halides is 2. The molecule has 0 fully saturated rings. The van der Waals surface area contributed by atoms with E-state index in [1.807, 2.05) is 43.3 Å². The zero-order valence-electron chi connectivity index (χ0n) is 19.4. The molecule has 6 nitrogen and oxygen atoms in total. The van der Waals surface area contributed by atoms with Crippen molar-refractivity contribution in [3.8, 4) is 0 Å². The lowest BCUT2D eigenvalue weighted by molar-refractivity contribution is -0.171. The number of halogens is 2. The van der Waals surface area contributed by atoms with Crippen molar-refractivity contribution in [2.24, 2.45) is 0 Å². The summed E-state index contributed by atoms with van der Waals surface area (Å²) in [5.41, 5.74) is 0.488. The maximum absolute atomic E-state index is 14.5. The van der Waals surface area contributed by atoms with E-state index in [1.54, 1.807) is 28.8 Å². The molecular weight excluding hydrogens is 454 g/mol. The molecule has 0 bridgehead atoms. The maximum atomic E-state index is 14.5. The third-order valence-corrected chi connectivity index (χ3v) is 5.98. The summed E-state index contributed by atoms with van der Waals surface area (Å²) in [6, 6.07) is 22.5. The Morgan fingerprint density at radius 3 is 2.11 bits per heavy atom. The maximum Gasteiger partial charge on any atom is 0.310 e. The summed E-state index contributed by atoms with van der Waals surface area (Å²) >= 11 is 0. The molecule has 1 atom stereocenters. The van der Waals surface area contributed by atoms with Crippen molar-refractivity contribution in [2.45, 2.75) is 38.0 Å². The van der Waals surface area contributed by atoms with Crippen LogP contribution < -0.4 is 0 Å². The average molecular weight is 481 g/mol. The molecule has 4 rings (SSSR count). The van der Waals surface area contributed by atoms with Crippen molar-refractivity contribution in [2.75, 3.05) is 6.61 Å². The number of nitrogens with zero attached hydrogens (tertiary/aromatic N) is 2. The number of aromatic nitrogens is 2. The van der Waals surface area contributed by atoms with Gasteiger partial charge in [-0.25, -0.2) is 4.98 Å². The standard InChI is InChI=1S/C27H26F2N2O4/c1-3-31-23-16-19(24(33)26(28,29)17-35-18(2)32)14-15-22(23)30-25(31)27(34,20-10-6-4-7-11-20)21-12-8-5-9-13-21/h4-16,24,33-34H,3,17H2,1-2H3. The fraction of sp³-hybridized carbons (Fsp3) is 0.259. The number of imidazole rings is 1. The number of hydrogen-bond acceptors (Lipinski definition) is 5. The normalized spacial score (nSPS) is 13.1. The Kier molecular flexibility index (Phi) is 6.69. The number of benzene rings is 3. The topological polar surface area (TPSA) is 84.6 Å². The average Bonchev–Trinajstić information content (AvgIpc) is 3.26. The number of esters is 1. The van der Waals surface area contributed by atoms with Gasteiger partial charge in [0.1, 0.15) is 6.10 Å². The largest absolute Gasteiger partial charge is 0.459 e. The van der Waals surface area contributed by atoms with Gasteiger partial charge in [0.15, 0.2) is 18.0 Å². The van der Waals surface area contributed by atoms with Crippen molar-refractivity contribution in [1.29, 1.82) is 0 Å². The molecule has 0 saturated heterocycles. The van der Waals surface area contributed by atoms with Gasteiger partial charge in [-0.2, -0.15) is 8.78 Å². The van der Waals surface area contributed by atoms with Crippen LogP contribution in [0.4, 0.5) is 8.78 Å². The second kappa shape index (κ2) is 9.56. The summed E-state index contributed by atoms with van der Waals surface area (Å²) in [6.45, 7) is 2.04. The number of carbonyl (C=O) groups excluding carboxylic acids is 1. The molecular formula is C27H26F2N2O4. The second-order valence-electron chi connectivity index (χ2n) is 8.31. The Labute approximate surface area is 201 Å². The molecule has 0 amide bonds. The van der Waals surface area contributed by atoms with Gasteiger partial charge in [0.2, 0.25) is 0 Å². The van der Waals surface area contributed by atoms with E-state index in [0.717, 1.165) is 6.92 Å². The van der Waals surface area contributed by atoms with Crippen LogP contribution in [-0.4, -0.2) is 38.3 Å². The van der Waals surface area contributed by atoms with Gasteiger partial charge in [0, 0.05) is 13.5 Å². The smallest absolute Gasteiger partial charge is 0.310 e. The monoisotopic (exact) mass is 480 g/mol. The molecule has 4 aromatic rings. The number of aliphatic hydroxyl groups is 2. The highest BCUT2D eigenvalue weighted by Gasteiger charge is 2.42. The first kappa shape index (κ1) is 24.5. The van der Waals surface area contributed by atoms with Gasteiger partial charge in [-0.05, 0) is 35.7 Å². The van der Waals surface area contributed by atoms with Crippen molar-refractivity contribution < 1.29 is 28.5 Å². The van der Waals surface area contributed by atoms with Gasteiger partial charge >= 0.3 is 11.9 Å². The lowest BCUT2D eigenvalue weighted by atomic mass is 9.85. The minimum absolute atomic E-state index is 0.0567. The molecule has 0 radical (unpaired) electrons. The Balaban J connectivity index is 1.86. The van der Waals surface area contributed by atoms with Crippen molar-refractivity contribution in [1.82, 2.24) is 9.55 Å². The van der Waals surface area contributed by atoms with Crippen molar-refractivity contribution >= 4 is 17.0 Å². The molecule has 8 heteroatoms. The van der Waals surface area contributed by atoms with Gasteiger partial charge in [-0.1, -0.05) is 66.7 Å². The number of fused-ring (bicyclic) bond motifs is 1. The summed E-state index contributed by atoms with van der Waals surface area (Å²) in [7, 11) is 0. The first-order chi connectivity index (χ1) is 16.7. The van der Waals surface area contributed by atoms with Crippen LogP contribution in [0.15, 0.2) is 78.9 Å². The van der Waals surface area contributed by atoms with Gasteiger partial charge in [-0.15, -0.1) is 0 Å². The molecule has 2 N–H and O–H groups in total. The number of carbonyl (C=O) groups is 1. The van der Waals surface area contributed by atoms with E-state index in [9.17, 15) is 23.8 Å². The first-order valence-corrected chi connectivity index (χ1v) is 11.2. The Morgan fingerprint density at radius 2 is 1.60 bits per heavy atom. The third-order valence-electron chi connectivity index (χ3n) is 5.98. The van der Waals surface area contributed by atoms with Crippen molar-refractivity contribution in [3.05, 3.63) is 101 Å². The quantitative estimate of drug-likeness (QED) is 0.361. The van der Waals surface area contributed by atoms with E-state index in [0.29, 0.717) is 34.5 Å². The zero-order valence-corrected chi connectivity index (χ0v) is 19.4. The van der Waals surface area contributed by atoms with Crippen LogP contribution in [-0.2, 0) is 21.7 Å².